The van der Waals surface area contributed by atoms with Crippen LogP contribution in [0.15, 0.2) is 23.1 Å². The second kappa shape index (κ2) is 5.09. The molecule has 0 unspecified atom stereocenters. The lowest BCUT2D eigenvalue weighted by Crippen LogP contribution is -2.35. The van der Waals surface area contributed by atoms with E-state index in [1.807, 2.05) is 0 Å². The molecule has 1 N–H and O–H groups in total. The van der Waals surface area contributed by atoms with Crippen LogP contribution in [0.4, 0.5) is 4.39 Å². The first kappa shape index (κ1) is 14.0. The first-order valence-electron chi connectivity index (χ1n) is 6.93. The van der Waals surface area contributed by atoms with Gasteiger partial charge in [0, 0.05) is 12.6 Å². The van der Waals surface area contributed by atoms with Crippen LogP contribution in [0.25, 0.3) is 0 Å². The molecule has 2 aliphatic carbocycles. The Morgan fingerprint density at radius 1 is 1.25 bits per heavy atom. The summed E-state index contributed by atoms with van der Waals surface area (Å²) in [6.07, 6.45) is 3.82. The van der Waals surface area contributed by atoms with Crippen molar-refractivity contribution < 1.29 is 17.9 Å². The van der Waals surface area contributed by atoms with E-state index in [4.69, 9.17) is 5.11 Å². The molecule has 4 nitrogen and oxygen atoms in total. The summed E-state index contributed by atoms with van der Waals surface area (Å²) in [5, 5.41) is 9.10. The molecule has 1 aromatic carbocycles. The van der Waals surface area contributed by atoms with Crippen LogP contribution in [0.2, 0.25) is 0 Å². The van der Waals surface area contributed by atoms with Crippen LogP contribution < -0.4 is 0 Å². The molecule has 0 saturated heterocycles. The zero-order valence-corrected chi connectivity index (χ0v) is 11.9. The minimum Gasteiger partial charge on any atom is -0.392 e. The maximum absolute atomic E-state index is 13.9. The van der Waals surface area contributed by atoms with E-state index in [2.05, 4.69) is 0 Å². The number of aliphatic hydroxyl groups excluding tert-OH is 1. The smallest absolute Gasteiger partial charge is 0.246 e. The first-order chi connectivity index (χ1) is 9.52. The highest BCUT2D eigenvalue weighted by atomic mass is 32.2. The van der Waals surface area contributed by atoms with Crippen LogP contribution in [0.5, 0.6) is 0 Å². The fourth-order valence-corrected chi connectivity index (χ4v) is 4.21. The zero-order chi connectivity index (χ0) is 14.3. The molecule has 110 valence electrons. The van der Waals surface area contributed by atoms with Crippen molar-refractivity contribution in [2.75, 3.05) is 6.54 Å². The molecule has 0 atom stereocenters. The third-order valence-electron chi connectivity index (χ3n) is 3.85. The lowest BCUT2D eigenvalue weighted by Gasteiger charge is -2.22. The van der Waals surface area contributed by atoms with Crippen LogP contribution in [0.3, 0.4) is 0 Å². The lowest BCUT2D eigenvalue weighted by atomic mass is 10.2. The van der Waals surface area contributed by atoms with Crippen LogP contribution in [0, 0.1) is 11.7 Å². The molecule has 0 aromatic heterocycles. The highest BCUT2D eigenvalue weighted by Gasteiger charge is 2.42. The van der Waals surface area contributed by atoms with Gasteiger partial charge in [-0.05, 0) is 49.3 Å². The van der Waals surface area contributed by atoms with Crippen molar-refractivity contribution in [1.82, 2.24) is 4.31 Å². The molecule has 6 heteroatoms. The maximum Gasteiger partial charge on any atom is 0.246 e. The fourth-order valence-electron chi connectivity index (χ4n) is 2.33. The summed E-state index contributed by atoms with van der Waals surface area (Å²) < 4.78 is 40.7. The minimum atomic E-state index is -3.81. The Bertz CT molecular complexity index is 609. The largest absolute Gasteiger partial charge is 0.392 e. The van der Waals surface area contributed by atoms with Gasteiger partial charge in [0.2, 0.25) is 10.0 Å². The monoisotopic (exact) mass is 299 g/mol. The van der Waals surface area contributed by atoms with Crippen molar-refractivity contribution in [3.05, 3.63) is 29.6 Å². The first-order valence-corrected chi connectivity index (χ1v) is 8.37. The molecule has 2 aliphatic rings. The molecule has 3 rings (SSSR count). The maximum atomic E-state index is 13.9. The second-order valence-electron chi connectivity index (χ2n) is 5.67. The topological polar surface area (TPSA) is 57.6 Å². The second-order valence-corrected chi connectivity index (χ2v) is 7.53. The van der Waals surface area contributed by atoms with Gasteiger partial charge in [-0.15, -0.1) is 0 Å². The van der Waals surface area contributed by atoms with Crippen LogP contribution >= 0.6 is 0 Å². The van der Waals surface area contributed by atoms with Crippen molar-refractivity contribution in [3.8, 4) is 0 Å². The Hall–Kier alpha value is -0.980. The van der Waals surface area contributed by atoms with Crippen LogP contribution in [-0.4, -0.2) is 30.4 Å². The Morgan fingerprint density at radius 3 is 2.50 bits per heavy atom. The summed E-state index contributed by atoms with van der Waals surface area (Å²) in [5.74, 6) is -0.321. The van der Waals surface area contributed by atoms with E-state index in [0.717, 1.165) is 31.7 Å². The lowest BCUT2D eigenvalue weighted by molar-refractivity contribution is 0.281. The average Bonchev–Trinajstić information content (AvgIpc) is 3.28. The third kappa shape index (κ3) is 2.73. The summed E-state index contributed by atoms with van der Waals surface area (Å²) in [6, 6.07) is 3.78. The number of hydrogen-bond donors (Lipinski definition) is 1. The number of rotatable bonds is 6. The van der Waals surface area contributed by atoms with Gasteiger partial charge < -0.3 is 5.11 Å². The predicted octanol–water partition coefficient (Wildman–Crippen LogP) is 1.88. The quantitative estimate of drug-likeness (QED) is 0.872. The highest BCUT2D eigenvalue weighted by Crippen LogP contribution is 2.38. The van der Waals surface area contributed by atoms with E-state index >= 15 is 0 Å². The molecule has 2 saturated carbocycles. The summed E-state index contributed by atoms with van der Waals surface area (Å²) in [4.78, 5) is -0.309. The average molecular weight is 299 g/mol. The van der Waals surface area contributed by atoms with E-state index in [9.17, 15) is 12.8 Å². The summed E-state index contributed by atoms with van der Waals surface area (Å²) in [7, 11) is -3.81. The number of sulfonamides is 1. The summed E-state index contributed by atoms with van der Waals surface area (Å²) in [6.45, 7) is 0.199. The molecule has 0 bridgehead atoms. The van der Waals surface area contributed by atoms with Gasteiger partial charge in [0.25, 0.3) is 0 Å². The number of nitrogens with zero attached hydrogens (tertiary/aromatic N) is 1. The van der Waals surface area contributed by atoms with Gasteiger partial charge in [-0.1, -0.05) is 6.07 Å². The third-order valence-corrected chi connectivity index (χ3v) is 5.79. The van der Waals surface area contributed by atoms with Gasteiger partial charge in [0.15, 0.2) is 0 Å². The van der Waals surface area contributed by atoms with E-state index in [1.165, 1.54) is 16.4 Å². The fraction of sp³-hybridized carbons (Fsp3) is 0.571. The molecule has 0 radical (unpaired) electrons. The van der Waals surface area contributed by atoms with Gasteiger partial charge in [0.05, 0.1) is 6.61 Å². The van der Waals surface area contributed by atoms with Gasteiger partial charge >= 0.3 is 0 Å². The van der Waals surface area contributed by atoms with Gasteiger partial charge in [-0.3, -0.25) is 0 Å². The Balaban J connectivity index is 1.96. The SMILES string of the molecule is O=S(=O)(c1cc(CO)ccc1F)N(CC1CC1)C1CC1. The van der Waals surface area contributed by atoms with Crippen molar-refractivity contribution >= 4 is 10.0 Å². The van der Waals surface area contributed by atoms with Gasteiger partial charge in [-0.25, -0.2) is 12.8 Å². The Kier molecular flexibility index (Phi) is 3.56. The Labute approximate surface area is 118 Å². The Morgan fingerprint density at radius 2 is 1.95 bits per heavy atom. The zero-order valence-electron chi connectivity index (χ0n) is 11.1. The van der Waals surface area contributed by atoms with Crippen molar-refractivity contribution in [2.24, 2.45) is 5.92 Å². The van der Waals surface area contributed by atoms with Crippen molar-refractivity contribution in [3.63, 3.8) is 0 Å². The highest BCUT2D eigenvalue weighted by molar-refractivity contribution is 7.89. The molecule has 20 heavy (non-hydrogen) atoms. The number of aliphatic hydroxyl groups is 1. The molecule has 0 heterocycles. The molecule has 2 fully saturated rings. The van der Waals surface area contributed by atoms with Gasteiger partial charge in [0.1, 0.15) is 10.7 Å². The van der Waals surface area contributed by atoms with Crippen molar-refractivity contribution in [2.45, 2.75) is 43.2 Å². The number of halogens is 1. The standard InChI is InChI=1S/C14H18FNO3S/c15-13-6-3-11(9-17)7-14(13)20(18,19)16(12-4-5-12)8-10-1-2-10/h3,6-7,10,12,17H,1-2,4-5,8-9H2. The predicted molar refractivity (Wildman–Crippen MR) is 72.0 cm³/mol. The molecule has 0 spiro atoms. The van der Waals surface area contributed by atoms with E-state index in [-0.39, 0.29) is 17.5 Å². The van der Waals surface area contributed by atoms with E-state index < -0.39 is 15.8 Å². The van der Waals surface area contributed by atoms with Crippen molar-refractivity contribution in [1.29, 1.82) is 0 Å². The normalized spacial score (nSPS) is 19.6. The van der Waals surface area contributed by atoms with E-state index in [1.54, 1.807) is 0 Å². The van der Waals surface area contributed by atoms with Crippen LogP contribution in [-0.2, 0) is 16.6 Å². The van der Waals surface area contributed by atoms with Crippen LogP contribution in [0.1, 0.15) is 31.2 Å². The summed E-state index contributed by atoms with van der Waals surface area (Å²) >= 11 is 0. The minimum absolute atomic E-state index is 0.0257. The van der Waals surface area contributed by atoms with E-state index in [0.29, 0.717) is 18.0 Å². The molecular formula is C14H18FNO3S. The molecule has 0 aliphatic heterocycles. The molecular weight excluding hydrogens is 281 g/mol. The number of hydrogen-bond acceptors (Lipinski definition) is 3. The number of benzene rings is 1. The van der Waals surface area contributed by atoms with Gasteiger partial charge in [-0.2, -0.15) is 4.31 Å². The molecule has 0 amide bonds. The molecule has 1 aromatic rings. The summed E-state index contributed by atoms with van der Waals surface area (Å²) in [5.41, 5.74) is 0.409.